The second-order valence-electron chi connectivity index (χ2n) is 3.25. The molecule has 0 unspecified atom stereocenters. The van der Waals surface area contributed by atoms with Gasteiger partial charge in [0.1, 0.15) is 5.82 Å². The standard InChI is InChI=1S/C10H9ClN4OS3/c1-17-9-14-10(19-15-9)18-5-8(16)13-7-3-2-6(11)4-12-7/h2-4H,5H2,1H3,(H,12,13,16). The van der Waals surface area contributed by atoms with Crippen molar-refractivity contribution in [1.82, 2.24) is 14.3 Å². The summed E-state index contributed by atoms with van der Waals surface area (Å²) in [6.07, 6.45) is 3.40. The largest absolute Gasteiger partial charge is 0.310 e. The Morgan fingerprint density at radius 2 is 2.37 bits per heavy atom. The maximum Gasteiger partial charge on any atom is 0.235 e. The van der Waals surface area contributed by atoms with Crippen LogP contribution in [0.15, 0.2) is 27.8 Å². The number of hydrogen-bond donors (Lipinski definition) is 1. The van der Waals surface area contributed by atoms with Crippen LogP contribution >= 0.6 is 46.7 Å². The van der Waals surface area contributed by atoms with Gasteiger partial charge in [-0.05, 0) is 29.9 Å². The first kappa shape index (κ1) is 14.6. The highest BCUT2D eigenvalue weighted by molar-refractivity contribution is 8.01. The number of anilines is 1. The summed E-state index contributed by atoms with van der Waals surface area (Å²) in [5, 5.41) is 3.94. The molecule has 0 saturated carbocycles. The fourth-order valence-electron chi connectivity index (χ4n) is 1.09. The molecule has 0 radical (unpaired) electrons. The van der Waals surface area contributed by atoms with Gasteiger partial charge in [-0.25, -0.2) is 9.97 Å². The zero-order valence-corrected chi connectivity index (χ0v) is 13.0. The van der Waals surface area contributed by atoms with Gasteiger partial charge in [-0.2, -0.15) is 4.37 Å². The summed E-state index contributed by atoms with van der Waals surface area (Å²) in [5.41, 5.74) is 0. The molecule has 0 spiro atoms. The fraction of sp³-hybridized carbons (Fsp3) is 0.200. The lowest BCUT2D eigenvalue weighted by molar-refractivity contribution is -0.113. The van der Waals surface area contributed by atoms with Crippen molar-refractivity contribution in [3.05, 3.63) is 23.4 Å². The van der Waals surface area contributed by atoms with Gasteiger partial charge in [0.15, 0.2) is 4.34 Å². The van der Waals surface area contributed by atoms with Gasteiger partial charge in [0.2, 0.25) is 11.1 Å². The van der Waals surface area contributed by atoms with Crippen molar-refractivity contribution < 1.29 is 4.79 Å². The number of thioether (sulfide) groups is 2. The van der Waals surface area contributed by atoms with E-state index in [2.05, 4.69) is 19.7 Å². The molecule has 9 heteroatoms. The minimum atomic E-state index is -0.138. The predicted molar refractivity (Wildman–Crippen MR) is 80.3 cm³/mol. The molecular weight excluding hydrogens is 324 g/mol. The van der Waals surface area contributed by atoms with Gasteiger partial charge in [-0.3, -0.25) is 4.79 Å². The second-order valence-corrected chi connectivity index (χ2v) is 6.43. The van der Waals surface area contributed by atoms with E-state index in [1.165, 1.54) is 41.3 Å². The topological polar surface area (TPSA) is 67.8 Å². The number of pyridine rings is 1. The highest BCUT2D eigenvalue weighted by Crippen LogP contribution is 2.23. The Kier molecular flexibility index (Phi) is 5.44. The van der Waals surface area contributed by atoms with E-state index >= 15 is 0 Å². The molecule has 0 bridgehead atoms. The number of aromatic nitrogens is 3. The summed E-state index contributed by atoms with van der Waals surface area (Å²) in [4.78, 5) is 19.9. The van der Waals surface area contributed by atoms with E-state index in [1.807, 2.05) is 6.26 Å². The normalized spacial score (nSPS) is 10.4. The van der Waals surface area contributed by atoms with Crippen molar-refractivity contribution in [1.29, 1.82) is 0 Å². The van der Waals surface area contributed by atoms with Crippen molar-refractivity contribution in [2.75, 3.05) is 17.3 Å². The van der Waals surface area contributed by atoms with Crippen molar-refractivity contribution in [3.63, 3.8) is 0 Å². The average Bonchev–Trinajstić information content (AvgIpc) is 2.87. The Labute approximate surface area is 127 Å². The summed E-state index contributed by atoms with van der Waals surface area (Å²) in [5.74, 6) is 0.616. The number of hydrogen-bond acceptors (Lipinski definition) is 7. The van der Waals surface area contributed by atoms with Crippen LogP contribution in [0.3, 0.4) is 0 Å². The van der Waals surface area contributed by atoms with Crippen LogP contribution < -0.4 is 5.32 Å². The number of nitrogens with zero attached hydrogens (tertiary/aromatic N) is 3. The molecule has 2 heterocycles. The van der Waals surface area contributed by atoms with E-state index in [4.69, 9.17) is 11.6 Å². The van der Waals surface area contributed by atoms with Gasteiger partial charge in [-0.1, -0.05) is 35.1 Å². The lowest BCUT2D eigenvalue weighted by Gasteiger charge is -2.02. The molecule has 2 aromatic rings. The van der Waals surface area contributed by atoms with Gasteiger partial charge in [0.05, 0.1) is 10.8 Å². The molecule has 1 N–H and O–H groups in total. The van der Waals surface area contributed by atoms with E-state index in [9.17, 15) is 4.79 Å². The molecule has 100 valence electrons. The van der Waals surface area contributed by atoms with Crippen LogP contribution in [0.25, 0.3) is 0 Å². The highest BCUT2D eigenvalue weighted by Gasteiger charge is 2.08. The first-order valence-electron chi connectivity index (χ1n) is 5.09. The van der Waals surface area contributed by atoms with Crippen LogP contribution in [0.5, 0.6) is 0 Å². The van der Waals surface area contributed by atoms with Gasteiger partial charge in [0.25, 0.3) is 0 Å². The summed E-state index contributed by atoms with van der Waals surface area (Å²) >= 11 is 9.84. The maximum atomic E-state index is 11.7. The molecule has 2 aromatic heterocycles. The first-order valence-corrected chi connectivity index (χ1v) is 8.45. The molecule has 1 amide bonds. The number of halogens is 1. The van der Waals surface area contributed by atoms with Gasteiger partial charge in [-0.15, -0.1) is 0 Å². The smallest absolute Gasteiger partial charge is 0.235 e. The van der Waals surface area contributed by atoms with E-state index in [-0.39, 0.29) is 11.7 Å². The second kappa shape index (κ2) is 7.09. The lowest BCUT2D eigenvalue weighted by atomic mass is 10.4. The van der Waals surface area contributed by atoms with Gasteiger partial charge >= 0.3 is 0 Å². The molecule has 19 heavy (non-hydrogen) atoms. The zero-order valence-electron chi connectivity index (χ0n) is 9.79. The third kappa shape index (κ3) is 4.64. The van der Waals surface area contributed by atoms with Gasteiger partial charge in [0, 0.05) is 6.20 Å². The van der Waals surface area contributed by atoms with Crippen LogP contribution in [-0.4, -0.2) is 32.3 Å². The maximum absolute atomic E-state index is 11.7. The van der Waals surface area contributed by atoms with Gasteiger partial charge < -0.3 is 5.32 Å². The monoisotopic (exact) mass is 332 g/mol. The van der Waals surface area contributed by atoms with E-state index in [0.29, 0.717) is 10.8 Å². The predicted octanol–water partition coefficient (Wildman–Crippen LogP) is 3.04. The average molecular weight is 333 g/mol. The van der Waals surface area contributed by atoms with Crippen LogP contribution in [0.4, 0.5) is 5.82 Å². The summed E-state index contributed by atoms with van der Waals surface area (Å²) in [6.45, 7) is 0. The minimum absolute atomic E-state index is 0.138. The van der Waals surface area contributed by atoms with Crippen LogP contribution in [0.1, 0.15) is 0 Å². The molecule has 2 rings (SSSR count). The summed E-state index contributed by atoms with van der Waals surface area (Å²) < 4.78 is 4.90. The summed E-state index contributed by atoms with van der Waals surface area (Å²) in [7, 11) is 0. The molecule has 0 saturated heterocycles. The van der Waals surface area contributed by atoms with Crippen molar-refractivity contribution in [3.8, 4) is 0 Å². The molecule has 0 aliphatic carbocycles. The van der Waals surface area contributed by atoms with Crippen LogP contribution in [-0.2, 0) is 4.79 Å². The molecule has 0 aromatic carbocycles. The van der Waals surface area contributed by atoms with Crippen LogP contribution in [0.2, 0.25) is 5.02 Å². The molecular formula is C10H9ClN4OS3. The van der Waals surface area contributed by atoms with E-state index in [0.717, 1.165) is 9.50 Å². The third-order valence-electron chi connectivity index (χ3n) is 1.89. The van der Waals surface area contributed by atoms with Crippen LogP contribution in [0, 0.1) is 0 Å². The number of amides is 1. The Bertz CT molecular complexity index is 560. The molecule has 0 fully saturated rings. The SMILES string of the molecule is CSc1nsc(SCC(=O)Nc2ccc(Cl)cn2)n1. The Balaban J connectivity index is 1.82. The minimum Gasteiger partial charge on any atom is -0.310 e. The Hall–Kier alpha value is -0.830. The van der Waals surface area contributed by atoms with E-state index < -0.39 is 0 Å². The Morgan fingerprint density at radius 3 is 3.00 bits per heavy atom. The number of carbonyl (C=O) groups excluding carboxylic acids is 1. The number of nitrogens with one attached hydrogen (secondary N) is 1. The first-order chi connectivity index (χ1) is 9.17. The highest BCUT2D eigenvalue weighted by atomic mass is 35.5. The van der Waals surface area contributed by atoms with E-state index in [1.54, 1.807) is 12.1 Å². The fourth-order valence-corrected chi connectivity index (χ4v) is 3.22. The Morgan fingerprint density at radius 1 is 1.53 bits per heavy atom. The molecule has 0 atom stereocenters. The lowest BCUT2D eigenvalue weighted by Crippen LogP contribution is -2.14. The van der Waals surface area contributed by atoms with Crippen molar-refractivity contribution >= 4 is 58.4 Å². The van der Waals surface area contributed by atoms with Crippen molar-refractivity contribution in [2.45, 2.75) is 9.50 Å². The number of carbonyl (C=O) groups is 1. The quantitative estimate of drug-likeness (QED) is 0.849. The summed E-state index contributed by atoms with van der Waals surface area (Å²) in [6, 6.07) is 3.33. The number of rotatable bonds is 5. The molecule has 0 aliphatic heterocycles. The van der Waals surface area contributed by atoms with Crippen molar-refractivity contribution in [2.24, 2.45) is 0 Å². The third-order valence-corrected chi connectivity index (χ3v) is 4.61. The zero-order chi connectivity index (χ0) is 13.7. The molecule has 0 aliphatic rings. The molecule has 5 nitrogen and oxygen atoms in total.